The molecule has 2 saturated heterocycles. The van der Waals surface area contributed by atoms with Crippen molar-refractivity contribution in [1.82, 2.24) is 18.8 Å². The number of rotatable bonds is 8. The summed E-state index contributed by atoms with van der Waals surface area (Å²) in [6.45, 7) is 4.14. The summed E-state index contributed by atoms with van der Waals surface area (Å²) in [6.07, 6.45) is 0.140. The highest BCUT2D eigenvalue weighted by molar-refractivity contribution is 7.86. The van der Waals surface area contributed by atoms with E-state index in [9.17, 15) is 22.7 Å². The number of piperidine rings is 1. The van der Waals surface area contributed by atoms with Gasteiger partial charge in [-0.1, -0.05) is 17.7 Å². The minimum Gasteiger partial charge on any atom is -0.378 e. The van der Waals surface area contributed by atoms with Gasteiger partial charge in [-0.2, -0.15) is 22.3 Å². The first-order valence-electron chi connectivity index (χ1n) is 11.3. The molecule has 2 N–H and O–H groups in total. The molecule has 1 amide bonds. The van der Waals surface area contributed by atoms with Gasteiger partial charge in [-0.3, -0.25) is 9.69 Å². The van der Waals surface area contributed by atoms with E-state index in [0.29, 0.717) is 24.9 Å². The van der Waals surface area contributed by atoms with Gasteiger partial charge in [-0.05, 0) is 45.9 Å². The average molecular weight is 516 g/mol. The topological polar surface area (TPSA) is 117 Å². The number of nitrogens with zero attached hydrogens (tertiary/aromatic N) is 4. The van der Waals surface area contributed by atoms with E-state index in [-0.39, 0.29) is 36.5 Å². The second-order valence-corrected chi connectivity index (χ2v) is 11.4. The molecule has 0 spiro atoms. The number of nitrogens with one attached hydrogen (secondary N) is 1. The van der Waals surface area contributed by atoms with Gasteiger partial charge in [0.15, 0.2) is 0 Å². The van der Waals surface area contributed by atoms with Crippen LogP contribution >= 0.6 is 11.6 Å². The van der Waals surface area contributed by atoms with Crippen LogP contribution in [0.15, 0.2) is 18.2 Å². The fourth-order valence-corrected chi connectivity index (χ4v) is 6.27. The first-order valence-corrected chi connectivity index (χ1v) is 13.0. The number of hydrogen-bond acceptors (Lipinski definition) is 6. The first kappa shape index (κ1) is 26.8. The molecule has 1 unspecified atom stereocenters. The SMILES string of the molecule is C[C@H](C(=O)N[C@H](C)c1ccc(Cl)cc1F)N(C)C(O)[C@H]1CCCN(S(=O)(=O)N2CC(C#N)C2)C1. The predicted octanol–water partition coefficient (Wildman–Crippen LogP) is 1.71. The largest absolute Gasteiger partial charge is 0.378 e. The maximum Gasteiger partial charge on any atom is 0.282 e. The maximum absolute atomic E-state index is 14.2. The van der Waals surface area contributed by atoms with Crippen molar-refractivity contribution >= 4 is 27.7 Å². The van der Waals surface area contributed by atoms with Gasteiger partial charge in [-0.25, -0.2) is 4.39 Å². The Balaban J connectivity index is 1.59. The number of hydrogen-bond donors (Lipinski definition) is 2. The molecule has 4 atom stereocenters. The number of carbonyl (C=O) groups excluding carboxylic acids is 1. The third kappa shape index (κ3) is 5.70. The van der Waals surface area contributed by atoms with E-state index in [1.165, 1.54) is 25.6 Å². The van der Waals surface area contributed by atoms with Crippen molar-refractivity contribution in [3.8, 4) is 6.07 Å². The van der Waals surface area contributed by atoms with Crippen LogP contribution in [0.25, 0.3) is 0 Å². The van der Waals surface area contributed by atoms with E-state index in [0.717, 1.165) is 0 Å². The molecule has 3 rings (SSSR count). The Hall–Kier alpha value is -1.81. The number of likely N-dealkylation sites (N-methyl/N-ethyl adjacent to an activating group) is 1. The lowest BCUT2D eigenvalue weighted by atomic mass is 9.96. The maximum atomic E-state index is 14.2. The third-order valence-electron chi connectivity index (χ3n) is 6.72. The Labute approximate surface area is 205 Å². The molecule has 2 fully saturated rings. The molecular weight excluding hydrogens is 485 g/mol. The van der Waals surface area contributed by atoms with Crippen molar-refractivity contribution < 1.29 is 22.7 Å². The molecule has 1 aromatic carbocycles. The van der Waals surface area contributed by atoms with Gasteiger partial charge in [0.05, 0.1) is 24.1 Å². The summed E-state index contributed by atoms with van der Waals surface area (Å²) in [5, 5.41) is 22.9. The van der Waals surface area contributed by atoms with Gasteiger partial charge in [0.25, 0.3) is 10.2 Å². The number of carbonyl (C=O) groups is 1. The minimum atomic E-state index is -3.69. The number of aliphatic hydroxyl groups excluding tert-OH is 1. The summed E-state index contributed by atoms with van der Waals surface area (Å²) in [6, 6.07) is 4.96. The summed E-state index contributed by atoms with van der Waals surface area (Å²) >= 11 is 5.79. The second kappa shape index (κ2) is 10.8. The molecule has 2 heterocycles. The zero-order valence-corrected chi connectivity index (χ0v) is 21.1. The molecule has 0 radical (unpaired) electrons. The summed E-state index contributed by atoms with van der Waals surface area (Å²) < 4.78 is 42.5. The molecule has 188 valence electrons. The zero-order chi connectivity index (χ0) is 25.2. The van der Waals surface area contributed by atoms with Crippen LogP contribution in [-0.4, -0.2) is 78.4 Å². The normalized spacial score (nSPS) is 23.1. The van der Waals surface area contributed by atoms with Gasteiger partial charge in [0.2, 0.25) is 5.91 Å². The van der Waals surface area contributed by atoms with Crippen molar-refractivity contribution in [2.75, 3.05) is 33.2 Å². The van der Waals surface area contributed by atoms with E-state index in [1.807, 2.05) is 0 Å². The number of amides is 1. The Morgan fingerprint density at radius 2 is 2.00 bits per heavy atom. The molecular formula is C22H31ClFN5O4S. The molecule has 0 saturated carbocycles. The third-order valence-corrected chi connectivity index (χ3v) is 8.89. The first-order chi connectivity index (χ1) is 15.9. The molecule has 9 nitrogen and oxygen atoms in total. The van der Waals surface area contributed by atoms with Gasteiger partial charge in [-0.15, -0.1) is 0 Å². The lowest BCUT2D eigenvalue weighted by Gasteiger charge is -2.42. The van der Waals surface area contributed by atoms with E-state index < -0.39 is 40.2 Å². The van der Waals surface area contributed by atoms with Crippen molar-refractivity contribution in [3.05, 3.63) is 34.6 Å². The Morgan fingerprint density at radius 1 is 1.32 bits per heavy atom. The quantitative estimate of drug-likeness (QED) is 0.509. The molecule has 12 heteroatoms. The molecule has 0 bridgehead atoms. The number of aliphatic hydroxyl groups is 1. The Bertz CT molecular complexity index is 1050. The van der Waals surface area contributed by atoms with Gasteiger partial charge in [0, 0.05) is 42.7 Å². The highest BCUT2D eigenvalue weighted by Gasteiger charge is 2.42. The average Bonchev–Trinajstić information content (AvgIpc) is 2.76. The molecule has 0 aliphatic carbocycles. The molecule has 1 aromatic rings. The molecule has 2 aliphatic rings. The van der Waals surface area contributed by atoms with E-state index in [1.54, 1.807) is 27.0 Å². The van der Waals surface area contributed by atoms with Gasteiger partial charge >= 0.3 is 0 Å². The number of halogens is 2. The Morgan fingerprint density at radius 3 is 2.62 bits per heavy atom. The van der Waals surface area contributed by atoms with Crippen LogP contribution in [0.4, 0.5) is 4.39 Å². The van der Waals surface area contributed by atoms with Crippen LogP contribution in [-0.2, 0) is 15.0 Å². The zero-order valence-electron chi connectivity index (χ0n) is 19.5. The van der Waals surface area contributed by atoms with Crippen molar-refractivity contribution in [2.45, 2.75) is 45.0 Å². The van der Waals surface area contributed by atoms with Gasteiger partial charge in [0.1, 0.15) is 12.0 Å². The fraction of sp³-hybridized carbons (Fsp3) is 0.636. The summed E-state index contributed by atoms with van der Waals surface area (Å²) in [7, 11) is -2.09. The number of nitriles is 1. The molecule has 2 aliphatic heterocycles. The molecule has 34 heavy (non-hydrogen) atoms. The summed E-state index contributed by atoms with van der Waals surface area (Å²) in [4.78, 5) is 14.3. The highest BCUT2D eigenvalue weighted by Crippen LogP contribution is 2.28. The Kier molecular flexibility index (Phi) is 8.55. The smallest absolute Gasteiger partial charge is 0.282 e. The minimum absolute atomic E-state index is 0.127. The van der Waals surface area contributed by atoms with Crippen molar-refractivity contribution in [3.63, 3.8) is 0 Å². The summed E-state index contributed by atoms with van der Waals surface area (Å²) in [5.41, 5.74) is 0.297. The highest BCUT2D eigenvalue weighted by atomic mass is 35.5. The van der Waals surface area contributed by atoms with Crippen LogP contribution in [0.2, 0.25) is 5.02 Å². The predicted molar refractivity (Wildman–Crippen MR) is 125 cm³/mol. The van der Waals surface area contributed by atoms with Crippen LogP contribution in [0.3, 0.4) is 0 Å². The standard InChI is InChI=1S/C22H31ClFN5O4S/c1-14(19-7-6-18(23)9-20(19)24)26-21(30)15(2)27(3)22(31)17-5-4-8-28(13-17)34(32,33)29-11-16(10-25)12-29/h6-7,9,14-17,22,31H,4-5,8,11-13H2,1-3H3,(H,26,30)/t14-,15-,17+,22?/m1/s1. The fourth-order valence-electron chi connectivity index (χ4n) is 4.31. The van der Waals surface area contributed by atoms with Crippen LogP contribution in [0.5, 0.6) is 0 Å². The summed E-state index contributed by atoms with van der Waals surface area (Å²) in [5.74, 6) is -1.59. The van der Waals surface area contributed by atoms with E-state index >= 15 is 0 Å². The van der Waals surface area contributed by atoms with E-state index in [2.05, 4.69) is 11.4 Å². The lowest BCUT2D eigenvalue weighted by molar-refractivity contribution is -0.133. The van der Waals surface area contributed by atoms with Crippen molar-refractivity contribution in [2.24, 2.45) is 11.8 Å². The monoisotopic (exact) mass is 515 g/mol. The lowest BCUT2D eigenvalue weighted by Crippen LogP contribution is -2.58. The van der Waals surface area contributed by atoms with E-state index in [4.69, 9.17) is 16.9 Å². The van der Waals surface area contributed by atoms with Crippen LogP contribution < -0.4 is 5.32 Å². The molecule has 0 aromatic heterocycles. The van der Waals surface area contributed by atoms with Crippen LogP contribution in [0.1, 0.15) is 38.3 Å². The van der Waals surface area contributed by atoms with Crippen molar-refractivity contribution in [1.29, 1.82) is 5.26 Å². The number of benzene rings is 1. The van der Waals surface area contributed by atoms with Crippen LogP contribution in [0, 0.1) is 29.0 Å². The van der Waals surface area contributed by atoms with Gasteiger partial charge < -0.3 is 10.4 Å². The second-order valence-electron chi connectivity index (χ2n) is 9.06.